The summed E-state index contributed by atoms with van der Waals surface area (Å²) < 4.78 is 0. The first-order valence-corrected chi connectivity index (χ1v) is 7.16. The molecule has 106 valence electrons. The predicted octanol–water partition coefficient (Wildman–Crippen LogP) is 3.39. The summed E-state index contributed by atoms with van der Waals surface area (Å²) in [6, 6.07) is 15.1. The first kappa shape index (κ1) is 14.5. The Bertz CT molecular complexity index is 508. The summed E-state index contributed by atoms with van der Waals surface area (Å²) >= 11 is 0. The molecule has 0 aliphatic heterocycles. The van der Waals surface area contributed by atoms with Crippen LogP contribution in [-0.2, 0) is 6.54 Å². The quantitative estimate of drug-likeness (QED) is 0.871. The summed E-state index contributed by atoms with van der Waals surface area (Å²) in [5.41, 5.74) is 2.52. The van der Waals surface area contributed by atoms with E-state index in [1.807, 2.05) is 19.3 Å². The highest BCUT2D eigenvalue weighted by atomic mass is 15.2. The number of anilines is 1. The second-order valence-electron chi connectivity index (χ2n) is 4.96. The molecule has 0 aliphatic rings. The van der Waals surface area contributed by atoms with Crippen molar-refractivity contribution in [2.24, 2.45) is 0 Å². The number of pyridine rings is 1. The van der Waals surface area contributed by atoms with Crippen LogP contribution in [0.5, 0.6) is 0 Å². The Labute approximate surface area is 121 Å². The van der Waals surface area contributed by atoms with E-state index in [0.717, 1.165) is 18.9 Å². The van der Waals surface area contributed by atoms with Crippen LogP contribution < -0.4 is 10.2 Å². The highest BCUT2D eigenvalue weighted by Crippen LogP contribution is 2.17. The predicted molar refractivity (Wildman–Crippen MR) is 84.9 cm³/mol. The van der Waals surface area contributed by atoms with E-state index in [1.54, 1.807) is 0 Å². The third kappa shape index (κ3) is 3.58. The largest absolute Gasteiger partial charge is 0.353 e. The van der Waals surface area contributed by atoms with E-state index < -0.39 is 0 Å². The number of hydrogen-bond donors (Lipinski definition) is 1. The molecule has 0 spiro atoms. The van der Waals surface area contributed by atoms with E-state index in [0.29, 0.717) is 6.04 Å². The molecule has 2 rings (SSSR count). The van der Waals surface area contributed by atoms with Crippen molar-refractivity contribution in [3.05, 3.63) is 59.8 Å². The molecule has 1 aromatic carbocycles. The smallest absolute Gasteiger partial charge is 0.128 e. The SMILES string of the molecule is CCN(Cc1ccccc1)c1ccc(C(C)NC)cn1. The van der Waals surface area contributed by atoms with Gasteiger partial charge in [-0.3, -0.25) is 0 Å². The van der Waals surface area contributed by atoms with E-state index in [9.17, 15) is 0 Å². The average molecular weight is 269 g/mol. The molecule has 3 heteroatoms. The van der Waals surface area contributed by atoms with Crippen molar-refractivity contribution in [1.29, 1.82) is 0 Å². The maximum Gasteiger partial charge on any atom is 0.128 e. The Kier molecular flexibility index (Phi) is 5.13. The topological polar surface area (TPSA) is 28.2 Å². The summed E-state index contributed by atoms with van der Waals surface area (Å²) in [5.74, 6) is 1.03. The van der Waals surface area contributed by atoms with Crippen LogP contribution in [0.1, 0.15) is 31.0 Å². The Hall–Kier alpha value is -1.87. The molecule has 0 aliphatic carbocycles. The lowest BCUT2D eigenvalue weighted by atomic mass is 10.1. The van der Waals surface area contributed by atoms with Crippen molar-refractivity contribution in [3.63, 3.8) is 0 Å². The standard InChI is InChI=1S/C17H23N3/c1-4-20(13-15-8-6-5-7-9-15)17-11-10-16(12-19-17)14(2)18-3/h5-12,14,18H,4,13H2,1-3H3. The van der Waals surface area contributed by atoms with E-state index in [1.165, 1.54) is 11.1 Å². The maximum absolute atomic E-state index is 4.60. The van der Waals surface area contributed by atoms with Crippen LogP contribution in [0.15, 0.2) is 48.7 Å². The minimum Gasteiger partial charge on any atom is -0.353 e. The summed E-state index contributed by atoms with van der Waals surface area (Å²) in [5, 5.41) is 3.23. The number of benzene rings is 1. The molecule has 0 fully saturated rings. The minimum atomic E-state index is 0.334. The molecule has 1 aromatic heterocycles. The van der Waals surface area contributed by atoms with Gasteiger partial charge in [-0.05, 0) is 38.1 Å². The second-order valence-corrected chi connectivity index (χ2v) is 4.96. The fourth-order valence-electron chi connectivity index (χ4n) is 2.17. The average Bonchev–Trinajstić information content (AvgIpc) is 2.53. The van der Waals surface area contributed by atoms with Crippen LogP contribution >= 0.6 is 0 Å². The van der Waals surface area contributed by atoms with Gasteiger partial charge in [-0.25, -0.2) is 4.98 Å². The van der Waals surface area contributed by atoms with Gasteiger partial charge in [0.2, 0.25) is 0 Å². The molecule has 20 heavy (non-hydrogen) atoms. The molecule has 1 unspecified atom stereocenters. The first-order valence-electron chi connectivity index (χ1n) is 7.16. The van der Waals surface area contributed by atoms with E-state index >= 15 is 0 Å². The lowest BCUT2D eigenvalue weighted by Crippen LogP contribution is -2.23. The van der Waals surface area contributed by atoms with Crippen molar-refractivity contribution in [2.75, 3.05) is 18.5 Å². The van der Waals surface area contributed by atoms with Gasteiger partial charge in [0.1, 0.15) is 5.82 Å². The molecule has 0 amide bonds. The molecular formula is C17H23N3. The van der Waals surface area contributed by atoms with Crippen molar-refractivity contribution >= 4 is 5.82 Å². The zero-order valence-corrected chi connectivity index (χ0v) is 12.5. The third-order valence-corrected chi connectivity index (χ3v) is 3.63. The van der Waals surface area contributed by atoms with Crippen LogP contribution in [0.4, 0.5) is 5.82 Å². The van der Waals surface area contributed by atoms with Crippen LogP contribution in [0, 0.1) is 0 Å². The van der Waals surface area contributed by atoms with E-state index in [-0.39, 0.29) is 0 Å². The van der Waals surface area contributed by atoms with Gasteiger partial charge in [-0.2, -0.15) is 0 Å². The van der Waals surface area contributed by atoms with Crippen molar-refractivity contribution < 1.29 is 0 Å². The van der Waals surface area contributed by atoms with E-state index in [2.05, 4.69) is 65.4 Å². The molecule has 0 saturated heterocycles. The number of nitrogens with one attached hydrogen (secondary N) is 1. The minimum absolute atomic E-state index is 0.334. The fourth-order valence-corrected chi connectivity index (χ4v) is 2.17. The zero-order valence-electron chi connectivity index (χ0n) is 12.5. The maximum atomic E-state index is 4.60. The van der Waals surface area contributed by atoms with Crippen LogP contribution in [0.3, 0.4) is 0 Å². The lowest BCUT2D eigenvalue weighted by molar-refractivity contribution is 0.649. The van der Waals surface area contributed by atoms with Crippen LogP contribution in [0.2, 0.25) is 0 Å². The monoisotopic (exact) mass is 269 g/mol. The molecule has 2 aromatic rings. The normalized spacial score (nSPS) is 12.2. The third-order valence-electron chi connectivity index (χ3n) is 3.63. The second kappa shape index (κ2) is 7.06. The molecule has 1 N–H and O–H groups in total. The summed E-state index contributed by atoms with van der Waals surface area (Å²) in [6.07, 6.45) is 1.96. The van der Waals surface area contributed by atoms with Gasteiger partial charge < -0.3 is 10.2 Å². The fraction of sp³-hybridized carbons (Fsp3) is 0.353. The van der Waals surface area contributed by atoms with Gasteiger partial charge in [0, 0.05) is 25.3 Å². The summed E-state index contributed by atoms with van der Waals surface area (Å²) in [6.45, 7) is 6.14. The van der Waals surface area contributed by atoms with Crippen LogP contribution in [0.25, 0.3) is 0 Å². The highest BCUT2D eigenvalue weighted by molar-refractivity contribution is 5.40. The molecule has 0 radical (unpaired) electrons. The Morgan fingerprint density at radius 3 is 2.45 bits per heavy atom. The van der Waals surface area contributed by atoms with Crippen LogP contribution in [-0.4, -0.2) is 18.6 Å². The zero-order chi connectivity index (χ0) is 14.4. The molecular weight excluding hydrogens is 246 g/mol. The molecule has 0 saturated carbocycles. The Balaban J connectivity index is 2.11. The summed E-state index contributed by atoms with van der Waals surface area (Å²) in [7, 11) is 1.96. The number of rotatable bonds is 6. The first-order chi connectivity index (χ1) is 9.74. The summed E-state index contributed by atoms with van der Waals surface area (Å²) in [4.78, 5) is 6.88. The van der Waals surface area contributed by atoms with Crippen molar-refractivity contribution in [1.82, 2.24) is 10.3 Å². The van der Waals surface area contributed by atoms with Gasteiger partial charge in [0.25, 0.3) is 0 Å². The molecule has 1 atom stereocenters. The number of hydrogen-bond acceptors (Lipinski definition) is 3. The molecule has 3 nitrogen and oxygen atoms in total. The van der Waals surface area contributed by atoms with Crippen molar-refractivity contribution in [3.8, 4) is 0 Å². The number of nitrogens with zero attached hydrogens (tertiary/aromatic N) is 2. The van der Waals surface area contributed by atoms with Crippen molar-refractivity contribution in [2.45, 2.75) is 26.4 Å². The highest BCUT2D eigenvalue weighted by Gasteiger charge is 2.08. The van der Waals surface area contributed by atoms with Gasteiger partial charge in [-0.15, -0.1) is 0 Å². The van der Waals surface area contributed by atoms with E-state index in [4.69, 9.17) is 0 Å². The van der Waals surface area contributed by atoms with Gasteiger partial charge in [-0.1, -0.05) is 36.4 Å². The van der Waals surface area contributed by atoms with Gasteiger partial charge in [0.15, 0.2) is 0 Å². The molecule has 0 bridgehead atoms. The Morgan fingerprint density at radius 1 is 1.15 bits per heavy atom. The number of aromatic nitrogens is 1. The molecule has 1 heterocycles. The van der Waals surface area contributed by atoms with Gasteiger partial charge >= 0.3 is 0 Å². The van der Waals surface area contributed by atoms with Gasteiger partial charge in [0.05, 0.1) is 0 Å². The lowest BCUT2D eigenvalue weighted by Gasteiger charge is -2.22. The Morgan fingerprint density at radius 2 is 1.90 bits per heavy atom.